The molecule has 1 N–H and O–H groups in total. The van der Waals surface area contributed by atoms with Gasteiger partial charge in [-0.05, 0) is 35.9 Å². The van der Waals surface area contributed by atoms with E-state index in [4.69, 9.17) is 12.6 Å². The number of anilines is 2. The van der Waals surface area contributed by atoms with Crippen LogP contribution in [0.2, 0.25) is 0 Å². The fraction of sp³-hybridized carbons (Fsp3) is 0. The molecule has 0 aliphatic heterocycles. The quantitative estimate of drug-likeness (QED) is 0.353. The summed E-state index contributed by atoms with van der Waals surface area (Å²) >= 11 is 5.11. The van der Waals surface area contributed by atoms with Gasteiger partial charge in [0.1, 0.15) is 11.6 Å². The molecule has 0 fully saturated rings. The molecule has 0 aliphatic carbocycles. The molecule has 2 aromatic carbocycles. The standard InChI is InChI=1S/C13H11NOS.C10H9N3.O.V/c15-12-7-3-1-5-10(12)9-14-11-6-2-4-8-13(11)16;1-3-7-11-9(5-1)13-10-6-2-4-8-12-10;;/h1-9,15-16H;1-8H,(H,11,12,13);;/q;;-2;+4/p-2. The van der Waals surface area contributed by atoms with E-state index in [0.29, 0.717) is 16.1 Å². The molecule has 0 saturated carbocycles. The Morgan fingerprint density at radius 3 is 1.87 bits per heavy atom. The monoisotopic (exact) mass is 465 g/mol. The first-order chi connectivity index (χ1) is 14.2. The minimum atomic E-state index is -0.0342. The maximum atomic E-state index is 11.4. The molecular weight excluding hydrogens is 447 g/mol. The molecule has 4 aromatic rings. The fourth-order valence-corrected chi connectivity index (χ4v) is 2.49. The molecule has 0 spiro atoms. The van der Waals surface area contributed by atoms with E-state index < -0.39 is 0 Å². The summed E-state index contributed by atoms with van der Waals surface area (Å²) in [6.45, 7) is 0. The van der Waals surface area contributed by atoms with Gasteiger partial charge >= 0.3 is 18.6 Å². The van der Waals surface area contributed by atoms with E-state index in [0.717, 1.165) is 11.6 Å². The van der Waals surface area contributed by atoms with Crippen molar-refractivity contribution in [2.75, 3.05) is 5.32 Å². The van der Waals surface area contributed by atoms with Gasteiger partial charge in [0.2, 0.25) is 0 Å². The molecule has 0 atom stereocenters. The van der Waals surface area contributed by atoms with E-state index in [-0.39, 0.29) is 29.8 Å². The number of hydrogen-bond donors (Lipinski definition) is 1. The van der Waals surface area contributed by atoms with E-state index >= 15 is 0 Å². The largest absolute Gasteiger partial charge is 4.00 e. The SMILES string of the molecule is [O-2].[O-]c1ccccc1C=Nc1ccccc1[S-].[V+4].c1ccc(Nc2ccccn2)nc1. The third-order valence-electron chi connectivity index (χ3n) is 3.71. The van der Waals surface area contributed by atoms with E-state index in [1.807, 2.05) is 66.7 Å². The third-order valence-corrected chi connectivity index (χ3v) is 4.06. The van der Waals surface area contributed by atoms with Crippen LogP contribution in [0.15, 0.2) is 107 Å². The molecule has 4 rings (SSSR count). The van der Waals surface area contributed by atoms with Crippen molar-refractivity contribution in [1.29, 1.82) is 0 Å². The van der Waals surface area contributed by atoms with E-state index in [9.17, 15) is 5.11 Å². The Kier molecular flexibility index (Phi) is 11.6. The third kappa shape index (κ3) is 8.58. The van der Waals surface area contributed by atoms with Crippen LogP contribution in [-0.2, 0) is 36.7 Å². The van der Waals surface area contributed by atoms with E-state index in [2.05, 4.69) is 20.3 Å². The van der Waals surface area contributed by atoms with Crippen LogP contribution in [0.3, 0.4) is 0 Å². The zero-order valence-corrected chi connectivity index (χ0v) is 18.5. The zero-order chi connectivity index (χ0) is 20.3. The van der Waals surface area contributed by atoms with Crippen molar-refractivity contribution in [2.24, 2.45) is 4.99 Å². The zero-order valence-electron chi connectivity index (χ0n) is 16.3. The second-order valence-corrected chi connectivity index (χ2v) is 6.26. The normalized spacial score (nSPS) is 9.55. The average Bonchev–Trinajstić information content (AvgIpc) is 2.76. The Morgan fingerprint density at radius 2 is 1.32 bits per heavy atom. The molecule has 2 aromatic heterocycles. The second kappa shape index (κ2) is 13.9. The number of nitrogens with one attached hydrogen (secondary N) is 1. The predicted octanol–water partition coefficient (Wildman–Crippen LogP) is 4.52. The van der Waals surface area contributed by atoms with Crippen LogP contribution in [0.25, 0.3) is 0 Å². The summed E-state index contributed by atoms with van der Waals surface area (Å²) in [5, 5.41) is 14.5. The van der Waals surface area contributed by atoms with Crippen LogP contribution in [0.1, 0.15) is 5.56 Å². The summed E-state index contributed by atoms with van der Waals surface area (Å²) in [5.41, 5.74) is 1.28. The van der Waals surface area contributed by atoms with Crippen LogP contribution >= 0.6 is 0 Å². The molecular formula is C23H18N4O2SV. The molecule has 31 heavy (non-hydrogen) atoms. The Balaban J connectivity index is 0.000000296. The minimum absolute atomic E-state index is 0. The Bertz CT molecular complexity index is 982. The number of aliphatic imine (C=N–C) groups is 1. The van der Waals surface area contributed by atoms with Crippen molar-refractivity contribution >= 4 is 36.2 Å². The van der Waals surface area contributed by atoms with Gasteiger partial charge in [-0.1, -0.05) is 54.6 Å². The molecule has 2 heterocycles. The Morgan fingerprint density at radius 1 is 0.774 bits per heavy atom. The van der Waals surface area contributed by atoms with E-state index in [1.165, 1.54) is 6.07 Å². The number of nitrogens with zero attached hydrogens (tertiary/aromatic N) is 3. The van der Waals surface area contributed by atoms with E-state index in [1.54, 1.807) is 30.7 Å². The molecule has 0 bridgehead atoms. The summed E-state index contributed by atoms with van der Waals surface area (Å²) in [5.74, 6) is 1.58. The molecule has 0 aliphatic rings. The van der Waals surface area contributed by atoms with Crippen LogP contribution in [-0.4, -0.2) is 16.2 Å². The summed E-state index contributed by atoms with van der Waals surface area (Å²) in [6.07, 6.45) is 5.03. The topological polar surface area (TPSA) is 102 Å². The van der Waals surface area contributed by atoms with Gasteiger partial charge in [0, 0.05) is 24.3 Å². The number of aromatic nitrogens is 2. The van der Waals surface area contributed by atoms with Gasteiger partial charge in [0.15, 0.2) is 0 Å². The summed E-state index contributed by atoms with van der Waals surface area (Å²) in [7, 11) is 0. The molecule has 0 amide bonds. The predicted molar refractivity (Wildman–Crippen MR) is 118 cm³/mol. The summed E-state index contributed by atoms with van der Waals surface area (Å²) in [4.78, 5) is 13.1. The summed E-state index contributed by atoms with van der Waals surface area (Å²) in [6, 6.07) is 25.5. The molecule has 8 heteroatoms. The number of para-hydroxylation sites is 2. The number of hydrogen-bond acceptors (Lipinski definition) is 6. The average molecular weight is 465 g/mol. The maximum Gasteiger partial charge on any atom is 4.00 e. The smallest absolute Gasteiger partial charge is 2.00 e. The van der Waals surface area contributed by atoms with Gasteiger partial charge in [-0.2, -0.15) is 0 Å². The second-order valence-electron chi connectivity index (χ2n) is 5.82. The van der Waals surface area contributed by atoms with Crippen molar-refractivity contribution in [3.8, 4) is 5.75 Å². The van der Waals surface area contributed by atoms with Crippen molar-refractivity contribution in [1.82, 2.24) is 9.97 Å². The van der Waals surface area contributed by atoms with Crippen LogP contribution in [0.4, 0.5) is 17.3 Å². The van der Waals surface area contributed by atoms with Crippen molar-refractivity contribution in [3.63, 3.8) is 0 Å². The van der Waals surface area contributed by atoms with Crippen LogP contribution < -0.4 is 10.4 Å². The van der Waals surface area contributed by atoms with Crippen LogP contribution in [0, 0.1) is 0 Å². The first kappa shape index (κ1) is 25.8. The maximum absolute atomic E-state index is 11.4. The molecule has 0 unspecified atom stereocenters. The first-order valence-electron chi connectivity index (χ1n) is 8.87. The van der Waals surface area contributed by atoms with Crippen molar-refractivity contribution in [2.45, 2.75) is 4.90 Å². The van der Waals surface area contributed by atoms with Crippen LogP contribution in [0.5, 0.6) is 5.75 Å². The van der Waals surface area contributed by atoms with Gasteiger partial charge in [-0.25, -0.2) is 9.97 Å². The number of benzene rings is 2. The Hall–Kier alpha value is -3.23. The van der Waals surface area contributed by atoms with Gasteiger partial charge in [-0.15, -0.1) is 10.6 Å². The van der Waals surface area contributed by atoms with Gasteiger partial charge < -0.3 is 28.5 Å². The van der Waals surface area contributed by atoms with Gasteiger partial charge in [0.05, 0.1) is 0 Å². The van der Waals surface area contributed by atoms with Gasteiger partial charge in [-0.3, -0.25) is 4.99 Å². The Labute approximate surface area is 198 Å². The minimum Gasteiger partial charge on any atom is -2.00 e. The number of rotatable bonds is 4. The summed E-state index contributed by atoms with van der Waals surface area (Å²) < 4.78 is 0. The number of pyridine rings is 2. The van der Waals surface area contributed by atoms with Crippen molar-refractivity contribution < 1.29 is 29.1 Å². The molecule has 1 radical (unpaired) electrons. The first-order valence-corrected chi connectivity index (χ1v) is 9.28. The fourth-order valence-electron chi connectivity index (χ4n) is 2.29. The van der Waals surface area contributed by atoms with Crippen molar-refractivity contribution in [3.05, 3.63) is 103 Å². The van der Waals surface area contributed by atoms with Gasteiger partial charge in [0.25, 0.3) is 0 Å². The molecule has 153 valence electrons. The molecule has 0 saturated heterocycles. The molecule has 6 nitrogen and oxygen atoms in total.